The second-order valence-electron chi connectivity index (χ2n) is 8.98. The van der Waals surface area contributed by atoms with Gasteiger partial charge in [0.1, 0.15) is 7.05 Å². The molecule has 7 aromatic rings. The summed E-state index contributed by atoms with van der Waals surface area (Å²) in [6.07, 6.45) is 2.19. The molecule has 3 heteroatoms. The van der Waals surface area contributed by atoms with Gasteiger partial charge in [-0.1, -0.05) is 54.6 Å². The molecular formula is C31H23N2S+. The highest BCUT2D eigenvalue weighted by Crippen LogP contribution is 2.41. The number of aromatic nitrogens is 2. The minimum Gasteiger partial charge on any atom is -0.309 e. The van der Waals surface area contributed by atoms with E-state index in [4.69, 9.17) is 0 Å². The predicted molar refractivity (Wildman–Crippen MR) is 145 cm³/mol. The Bertz CT molecular complexity index is 1830. The number of rotatable bonds is 2. The maximum Gasteiger partial charge on any atom is 0.221 e. The molecule has 3 heterocycles. The van der Waals surface area contributed by atoms with Crippen LogP contribution in [0.5, 0.6) is 0 Å². The summed E-state index contributed by atoms with van der Waals surface area (Å²) >= 11 is 1.88. The first-order valence-electron chi connectivity index (χ1n) is 11.6. The number of hydrogen-bond donors (Lipinski definition) is 0. The smallest absolute Gasteiger partial charge is 0.221 e. The Labute approximate surface area is 201 Å². The molecule has 7 rings (SSSR count). The van der Waals surface area contributed by atoms with Crippen molar-refractivity contribution in [2.45, 2.75) is 6.92 Å². The predicted octanol–water partition coefficient (Wildman–Crippen LogP) is 7.95. The molecule has 0 atom stereocenters. The molecule has 0 aliphatic heterocycles. The zero-order valence-electron chi connectivity index (χ0n) is 19.1. The van der Waals surface area contributed by atoms with Crippen LogP contribution in [0.1, 0.15) is 5.56 Å². The molecule has 162 valence electrons. The van der Waals surface area contributed by atoms with E-state index >= 15 is 0 Å². The van der Waals surface area contributed by atoms with E-state index in [9.17, 15) is 0 Å². The minimum atomic E-state index is 1.20. The molecule has 0 spiro atoms. The van der Waals surface area contributed by atoms with Crippen LogP contribution >= 0.6 is 11.3 Å². The highest BCUT2D eigenvalue weighted by Gasteiger charge is 2.21. The number of aryl methyl sites for hydroxylation is 2. The summed E-state index contributed by atoms with van der Waals surface area (Å²) in [7, 11) is 2.15. The van der Waals surface area contributed by atoms with E-state index in [0.29, 0.717) is 0 Å². The molecule has 34 heavy (non-hydrogen) atoms. The maximum absolute atomic E-state index is 2.41. The van der Waals surface area contributed by atoms with Crippen LogP contribution in [0.25, 0.3) is 58.9 Å². The van der Waals surface area contributed by atoms with Gasteiger partial charge < -0.3 is 4.57 Å². The second kappa shape index (κ2) is 7.28. The number of nitrogens with zero attached hydrogens (tertiary/aromatic N) is 2. The van der Waals surface area contributed by atoms with Crippen LogP contribution in [-0.4, -0.2) is 4.57 Å². The van der Waals surface area contributed by atoms with Crippen LogP contribution in [-0.2, 0) is 7.05 Å². The van der Waals surface area contributed by atoms with Gasteiger partial charge >= 0.3 is 0 Å². The maximum atomic E-state index is 2.41. The number of fused-ring (bicyclic) bond motifs is 6. The van der Waals surface area contributed by atoms with E-state index in [1.54, 1.807) is 0 Å². The molecule has 0 amide bonds. The van der Waals surface area contributed by atoms with Crippen molar-refractivity contribution in [2.24, 2.45) is 7.05 Å². The minimum absolute atomic E-state index is 1.20. The lowest BCUT2D eigenvalue weighted by Crippen LogP contribution is -2.30. The molecule has 0 bridgehead atoms. The molecule has 0 N–H and O–H groups in total. The third-order valence-corrected chi connectivity index (χ3v) is 8.11. The largest absolute Gasteiger partial charge is 0.309 e. The van der Waals surface area contributed by atoms with Gasteiger partial charge in [-0.25, -0.2) is 4.57 Å². The molecule has 0 aliphatic carbocycles. The van der Waals surface area contributed by atoms with E-state index in [2.05, 4.69) is 126 Å². The summed E-state index contributed by atoms with van der Waals surface area (Å²) in [6.45, 7) is 2.20. The van der Waals surface area contributed by atoms with Crippen LogP contribution in [0.2, 0.25) is 0 Å². The van der Waals surface area contributed by atoms with Crippen LogP contribution in [0.4, 0.5) is 0 Å². The highest BCUT2D eigenvalue weighted by molar-refractivity contribution is 7.25. The Balaban J connectivity index is 1.60. The summed E-state index contributed by atoms with van der Waals surface area (Å²) in [6, 6.07) is 35.3. The molecule has 4 aromatic carbocycles. The Hall–Kier alpha value is -3.95. The Morgan fingerprint density at radius 3 is 2.09 bits per heavy atom. The quantitative estimate of drug-likeness (QED) is 0.234. The molecule has 0 radical (unpaired) electrons. The van der Waals surface area contributed by atoms with E-state index in [1.165, 1.54) is 64.5 Å². The summed E-state index contributed by atoms with van der Waals surface area (Å²) in [5.41, 5.74) is 7.55. The van der Waals surface area contributed by atoms with Crippen LogP contribution in [0.3, 0.4) is 0 Å². The molecule has 0 fully saturated rings. The van der Waals surface area contributed by atoms with Gasteiger partial charge in [0.2, 0.25) is 5.69 Å². The van der Waals surface area contributed by atoms with Crippen molar-refractivity contribution >= 4 is 53.3 Å². The Morgan fingerprint density at radius 1 is 0.676 bits per heavy atom. The third-order valence-electron chi connectivity index (χ3n) is 6.98. The van der Waals surface area contributed by atoms with Gasteiger partial charge in [0.05, 0.1) is 16.4 Å². The van der Waals surface area contributed by atoms with E-state index in [-0.39, 0.29) is 0 Å². The number of para-hydroxylation sites is 2. The third kappa shape index (κ3) is 2.71. The van der Waals surface area contributed by atoms with Crippen molar-refractivity contribution in [2.75, 3.05) is 0 Å². The van der Waals surface area contributed by atoms with E-state index < -0.39 is 0 Å². The van der Waals surface area contributed by atoms with Gasteiger partial charge in [-0.3, -0.25) is 0 Å². The second-order valence-corrected chi connectivity index (χ2v) is 10.1. The zero-order chi connectivity index (χ0) is 22.8. The fourth-order valence-electron chi connectivity index (χ4n) is 5.40. The summed E-state index contributed by atoms with van der Waals surface area (Å²) in [5, 5.41) is 5.23. The van der Waals surface area contributed by atoms with Crippen LogP contribution in [0, 0.1) is 6.92 Å². The molecular weight excluding hydrogens is 432 g/mol. The van der Waals surface area contributed by atoms with Crippen molar-refractivity contribution in [3.63, 3.8) is 0 Å². The van der Waals surface area contributed by atoms with Gasteiger partial charge in [0, 0.05) is 42.9 Å². The first kappa shape index (κ1) is 19.5. The number of thiophene rings is 1. The fraction of sp³-hybridized carbons (Fsp3) is 0.0645. The molecule has 0 unspecified atom stereocenters. The summed E-state index contributed by atoms with van der Waals surface area (Å²) < 4.78 is 7.32. The van der Waals surface area contributed by atoms with Gasteiger partial charge in [0.25, 0.3) is 0 Å². The monoisotopic (exact) mass is 455 g/mol. The first-order valence-corrected chi connectivity index (χ1v) is 12.4. The Morgan fingerprint density at radius 2 is 1.35 bits per heavy atom. The summed E-state index contributed by atoms with van der Waals surface area (Å²) in [5.74, 6) is 0. The van der Waals surface area contributed by atoms with Crippen molar-refractivity contribution in [3.05, 3.63) is 109 Å². The highest BCUT2D eigenvalue weighted by atomic mass is 32.1. The number of hydrogen-bond acceptors (Lipinski definition) is 1. The summed E-state index contributed by atoms with van der Waals surface area (Å²) in [4.78, 5) is 0. The Kier molecular flexibility index (Phi) is 4.18. The topological polar surface area (TPSA) is 8.81 Å². The van der Waals surface area contributed by atoms with Gasteiger partial charge in [0.15, 0.2) is 6.20 Å². The molecule has 2 nitrogen and oxygen atoms in total. The fourth-order valence-corrected chi connectivity index (χ4v) is 6.48. The lowest BCUT2D eigenvalue weighted by Gasteiger charge is -2.09. The average molecular weight is 456 g/mol. The van der Waals surface area contributed by atoms with Gasteiger partial charge in [-0.15, -0.1) is 11.3 Å². The van der Waals surface area contributed by atoms with Crippen molar-refractivity contribution in [1.29, 1.82) is 0 Å². The lowest BCUT2D eigenvalue weighted by atomic mass is 10.0. The molecule has 0 aliphatic rings. The normalized spacial score (nSPS) is 11.8. The lowest BCUT2D eigenvalue weighted by molar-refractivity contribution is -0.659. The van der Waals surface area contributed by atoms with Crippen LogP contribution < -0.4 is 4.57 Å². The zero-order valence-corrected chi connectivity index (χ0v) is 19.9. The van der Waals surface area contributed by atoms with Crippen molar-refractivity contribution < 1.29 is 4.57 Å². The number of pyridine rings is 1. The standard InChI is InChI=1S/C31H23N2S/c1-20-9-3-4-10-22(20)31-30-25-19-21(15-16-28(25)34-29(30)17-18-32(31)2)33-26-13-7-5-11-23(26)24-12-6-8-14-27(24)33/h3-19H,1-2H3/q+1. The van der Waals surface area contributed by atoms with Crippen LogP contribution in [0.15, 0.2) is 103 Å². The SMILES string of the molecule is Cc1ccccc1-c1c2c(cc[n+]1C)sc1ccc(-n3c4ccccc4c4ccccc43)cc12. The molecule has 0 saturated heterocycles. The molecule has 3 aromatic heterocycles. The van der Waals surface area contributed by atoms with Gasteiger partial charge in [-0.2, -0.15) is 0 Å². The molecule has 0 saturated carbocycles. The van der Waals surface area contributed by atoms with E-state index in [0.717, 1.165) is 0 Å². The van der Waals surface area contributed by atoms with Gasteiger partial charge in [-0.05, 0) is 48.9 Å². The average Bonchev–Trinajstić information content (AvgIpc) is 3.40. The van der Waals surface area contributed by atoms with E-state index in [1.807, 2.05) is 11.3 Å². The van der Waals surface area contributed by atoms with Crippen molar-refractivity contribution in [3.8, 4) is 16.9 Å². The van der Waals surface area contributed by atoms with Crippen molar-refractivity contribution in [1.82, 2.24) is 4.57 Å². The first-order chi connectivity index (χ1) is 16.7. The number of benzene rings is 4.